The number of aromatic nitrogens is 2. The van der Waals surface area contributed by atoms with Gasteiger partial charge < -0.3 is 4.90 Å². The number of benzene rings is 2. The SMILES string of the molecule is CCN(Cc1cccnc1)C(=O)CN(c1ccc2ncccc2c1)S(=O)c1ccc(C(C)(C)C)cc1. The van der Waals surface area contributed by atoms with Gasteiger partial charge in [0.2, 0.25) is 5.91 Å². The number of anilines is 1. The van der Waals surface area contributed by atoms with E-state index in [1.165, 1.54) is 0 Å². The van der Waals surface area contributed by atoms with Crippen molar-refractivity contribution in [1.29, 1.82) is 0 Å². The second kappa shape index (κ2) is 11.0. The Bertz CT molecular complexity index is 1350. The molecule has 1 unspecified atom stereocenters. The molecule has 4 rings (SSSR count). The number of pyridine rings is 2. The Labute approximate surface area is 215 Å². The molecule has 2 aromatic carbocycles. The Morgan fingerprint density at radius 1 is 0.972 bits per heavy atom. The van der Waals surface area contributed by atoms with Crippen LogP contribution in [0.2, 0.25) is 0 Å². The molecule has 0 spiro atoms. The van der Waals surface area contributed by atoms with Gasteiger partial charge in [-0.15, -0.1) is 0 Å². The highest BCUT2D eigenvalue weighted by molar-refractivity contribution is 7.86. The van der Waals surface area contributed by atoms with Crippen LogP contribution in [0.4, 0.5) is 5.69 Å². The molecule has 2 heterocycles. The predicted octanol–water partition coefficient (Wildman–Crippen LogP) is 5.51. The quantitative estimate of drug-likeness (QED) is 0.320. The molecule has 0 fully saturated rings. The molecule has 0 N–H and O–H groups in total. The van der Waals surface area contributed by atoms with Crippen LogP contribution in [-0.4, -0.2) is 38.1 Å². The summed E-state index contributed by atoms with van der Waals surface area (Å²) in [5.74, 6) is -0.104. The van der Waals surface area contributed by atoms with Crippen molar-refractivity contribution in [2.75, 3.05) is 17.4 Å². The average Bonchev–Trinajstić information content (AvgIpc) is 2.89. The number of carbonyl (C=O) groups is 1. The first kappa shape index (κ1) is 25.5. The molecule has 7 heteroatoms. The summed E-state index contributed by atoms with van der Waals surface area (Å²) in [6.07, 6.45) is 5.22. The smallest absolute Gasteiger partial charge is 0.243 e. The molecule has 0 aliphatic heterocycles. The first-order chi connectivity index (χ1) is 17.3. The lowest BCUT2D eigenvalue weighted by molar-refractivity contribution is -0.129. The minimum Gasteiger partial charge on any atom is -0.337 e. The van der Waals surface area contributed by atoms with Crippen LogP contribution in [0.1, 0.15) is 38.8 Å². The Morgan fingerprint density at radius 2 is 1.72 bits per heavy atom. The molecule has 4 aromatic rings. The summed E-state index contributed by atoms with van der Waals surface area (Å²) in [7, 11) is -1.58. The van der Waals surface area contributed by atoms with E-state index in [1.54, 1.807) is 27.8 Å². The van der Waals surface area contributed by atoms with Gasteiger partial charge in [0.25, 0.3) is 0 Å². The Morgan fingerprint density at radius 3 is 2.39 bits per heavy atom. The van der Waals surface area contributed by atoms with E-state index in [0.717, 1.165) is 22.0 Å². The minimum atomic E-state index is -1.58. The molecule has 186 valence electrons. The zero-order valence-corrected chi connectivity index (χ0v) is 22.0. The highest BCUT2D eigenvalue weighted by atomic mass is 32.2. The van der Waals surface area contributed by atoms with Gasteiger partial charge in [-0.05, 0) is 65.9 Å². The number of nitrogens with zero attached hydrogens (tertiary/aromatic N) is 4. The monoisotopic (exact) mass is 500 g/mol. The molecule has 0 saturated carbocycles. The fraction of sp³-hybridized carbons (Fsp3) is 0.276. The summed E-state index contributed by atoms with van der Waals surface area (Å²) < 4.78 is 15.6. The van der Waals surface area contributed by atoms with Crippen molar-refractivity contribution in [3.8, 4) is 0 Å². The predicted molar refractivity (Wildman–Crippen MR) is 146 cm³/mol. The van der Waals surface area contributed by atoms with Crippen LogP contribution < -0.4 is 4.31 Å². The lowest BCUT2D eigenvalue weighted by atomic mass is 9.87. The van der Waals surface area contributed by atoms with Crippen molar-refractivity contribution in [3.63, 3.8) is 0 Å². The number of amides is 1. The standard InChI is InChI=1S/C29H32N4O2S/c1-5-32(20-22-8-6-16-30-19-22)28(34)21-33(25-12-15-27-23(18-25)9-7-17-31-27)36(35)26-13-10-24(11-14-26)29(2,3)4/h6-19H,5,20-21H2,1-4H3. The minimum absolute atomic E-state index is 0.00502. The van der Waals surface area contributed by atoms with Crippen molar-refractivity contribution in [2.45, 2.75) is 44.6 Å². The van der Waals surface area contributed by atoms with Crippen molar-refractivity contribution in [1.82, 2.24) is 14.9 Å². The first-order valence-electron chi connectivity index (χ1n) is 12.1. The van der Waals surface area contributed by atoms with E-state index >= 15 is 0 Å². The van der Waals surface area contributed by atoms with Gasteiger partial charge in [0.1, 0.15) is 6.54 Å². The van der Waals surface area contributed by atoms with Crippen molar-refractivity contribution in [2.24, 2.45) is 0 Å². The van der Waals surface area contributed by atoms with Gasteiger partial charge in [0.05, 0.1) is 16.1 Å². The third-order valence-electron chi connectivity index (χ3n) is 6.11. The highest BCUT2D eigenvalue weighted by Crippen LogP contribution is 2.27. The van der Waals surface area contributed by atoms with E-state index in [2.05, 4.69) is 30.7 Å². The molecule has 0 aliphatic rings. The van der Waals surface area contributed by atoms with Gasteiger partial charge in [0, 0.05) is 37.1 Å². The average molecular weight is 501 g/mol. The van der Waals surface area contributed by atoms with Gasteiger partial charge in [-0.2, -0.15) is 0 Å². The topological polar surface area (TPSA) is 66.4 Å². The maximum absolute atomic E-state index is 13.9. The maximum Gasteiger partial charge on any atom is 0.243 e. The van der Waals surface area contributed by atoms with Gasteiger partial charge in [0.15, 0.2) is 11.0 Å². The van der Waals surface area contributed by atoms with Gasteiger partial charge in [-0.1, -0.05) is 45.0 Å². The third-order valence-corrected chi connectivity index (χ3v) is 7.52. The number of hydrogen-bond donors (Lipinski definition) is 0. The molecule has 0 bridgehead atoms. The van der Waals surface area contributed by atoms with Crippen LogP contribution in [0.15, 0.2) is 90.2 Å². The second-order valence-electron chi connectivity index (χ2n) is 9.71. The largest absolute Gasteiger partial charge is 0.337 e. The molecule has 0 saturated heterocycles. The van der Waals surface area contributed by atoms with Crippen molar-refractivity contribution < 1.29 is 9.00 Å². The Kier molecular flexibility index (Phi) is 7.79. The van der Waals surface area contributed by atoms with E-state index in [9.17, 15) is 9.00 Å². The lowest BCUT2D eigenvalue weighted by Gasteiger charge is -2.28. The molecule has 1 atom stereocenters. The summed E-state index contributed by atoms with van der Waals surface area (Å²) in [6, 6.07) is 21.2. The Balaban J connectivity index is 1.66. The van der Waals surface area contributed by atoms with E-state index < -0.39 is 11.0 Å². The zero-order chi connectivity index (χ0) is 25.7. The van der Waals surface area contributed by atoms with Crippen LogP contribution in [0.25, 0.3) is 10.9 Å². The zero-order valence-electron chi connectivity index (χ0n) is 21.2. The van der Waals surface area contributed by atoms with Gasteiger partial charge in [-0.25, -0.2) is 4.21 Å². The summed E-state index contributed by atoms with van der Waals surface area (Å²) in [6.45, 7) is 9.36. The molecule has 0 radical (unpaired) electrons. The maximum atomic E-state index is 13.9. The van der Waals surface area contributed by atoms with E-state index in [1.807, 2.05) is 73.7 Å². The summed E-state index contributed by atoms with van der Waals surface area (Å²) in [5, 5.41) is 0.926. The third kappa shape index (κ3) is 5.97. The molecule has 2 aromatic heterocycles. The molecule has 1 amide bonds. The number of likely N-dealkylation sites (N-methyl/N-ethyl adjacent to an activating group) is 1. The van der Waals surface area contributed by atoms with Crippen LogP contribution in [0.3, 0.4) is 0 Å². The number of hydrogen-bond acceptors (Lipinski definition) is 4. The highest BCUT2D eigenvalue weighted by Gasteiger charge is 2.24. The Hall–Kier alpha value is -3.58. The van der Waals surface area contributed by atoms with Crippen LogP contribution in [0, 0.1) is 0 Å². The summed E-state index contributed by atoms with van der Waals surface area (Å²) in [5.41, 5.74) is 3.67. The van der Waals surface area contributed by atoms with E-state index in [4.69, 9.17) is 0 Å². The first-order valence-corrected chi connectivity index (χ1v) is 13.2. The van der Waals surface area contributed by atoms with Crippen LogP contribution in [0.5, 0.6) is 0 Å². The van der Waals surface area contributed by atoms with Gasteiger partial charge >= 0.3 is 0 Å². The number of fused-ring (bicyclic) bond motifs is 1. The van der Waals surface area contributed by atoms with E-state index in [0.29, 0.717) is 23.7 Å². The fourth-order valence-corrected chi connectivity index (χ4v) is 5.13. The molecule has 36 heavy (non-hydrogen) atoms. The van der Waals surface area contributed by atoms with E-state index in [-0.39, 0.29) is 17.9 Å². The van der Waals surface area contributed by atoms with Crippen LogP contribution in [-0.2, 0) is 27.7 Å². The van der Waals surface area contributed by atoms with Crippen LogP contribution >= 0.6 is 0 Å². The number of carbonyl (C=O) groups excluding carboxylic acids is 1. The second-order valence-corrected chi connectivity index (χ2v) is 11.1. The fourth-order valence-electron chi connectivity index (χ4n) is 3.97. The van der Waals surface area contributed by atoms with Gasteiger partial charge in [-0.3, -0.25) is 19.1 Å². The molecular weight excluding hydrogens is 468 g/mol. The van der Waals surface area contributed by atoms with Crippen molar-refractivity contribution in [3.05, 3.63) is 96.4 Å². The number of rotatable bonds is 8. The summed E-state index contributed by atoms with van der Waals surface area (Å²) in [4.78, 5) is 24.4. The molecule has 0 aliphatic carbocycles. The summed E-state index contributed by atoms with van der Waals surface area (Å²) >= 11 is 0. The molecule has 6 nitrogen and oxygen atoms in total. The van der Waals surface area contributed by atoms with Crippen molar-refractivity contribution >= 4 is 33.5 Å². The normalized spacial score (nSPS) is 12.3. The lowest BCUT2D eigenvalue weighted by Crippen LogP contribution is -2.41. The molecular formula is C29H32N4O2S.